The highest BCUT2D eigenvalue weighted by atomic mass is 16.2. The normalized spacial score (nSPS) is 26.4. The molecule has 0 radical (unpaired) electrons. The molecule has 1 amide bonds. The van der Waals surface area contributed by atoms with E-state index in [1.54, 1.807) is 0 Å². The van der Waals surface area contributed by atoms with Crippen LogP contribution < -0.4 is 5.32 Å². The quantitative estimate of drug-likeness (QED) is 0.794. The Labute approximate surface area is 116 Å². The van der Waals surface area contributed by atoms with E-state index in [0.717, 1.165) is 38.6 Å². The highest BCUT2D eigenvalue weighted by Gasteiger charge is 2.24. The summed E-state index contributed by atoms with van der Waals surface area (Å²) < 4.78 is 0. The summed E-state index contributed by atoms with van der Waals surface area (Å²) in [5, 5.41) is 12.3. The first-order valence-corrected chi connectivity index (χ1v) is 7.72. The molecule has 2 fully saturated rings. The van der Waals surface area contributed by atoms with Gasteiger partial charge in [-0.05, 0) is 38.6 Å². The lowest BCUT2D eigenvalue weighted by molar-refractivity contribution is -0.123. The summed E-state index contributed by atoms with van der Waals surface area (Å²) >= 11 is 0. The minimum Gasteiger partial charge on any atom is -0.352 e. The lowest BCUT2D eigenvalue weighted by Crippen LogP contribution is -2.47. The second-order valence-corrected chi connectivity index (χ2v) is 5.87. The summed E-state index contributed by atoms with van der Waals surface area (Å²) in [6, 6.07) is 2.62. The second-order valence-electron chi connectivity index (χ2n) is 5.87. The van der Waals surface area contributed by atoms with Gasteiger partial charge in [0.15, 0.2) is 0 Å². The minimum atomic E-state index is -0.0615. The fraction of sp³-hybridized carbons (Fsp3) is 0.867. The molecule has 0 aromatic heterocycles. The van der Waals surface area contributed by atoms with Crippen molar-refractivity contribution in [1.82, 2.24) is 10.2 Å². The van der Waals surface area contributed by atoms with Crippen molar-refractivity contribution in [2.45, 2.75) is 69.9 Å². The summed E-state index contributed by atoms with van der Waals surface area (Å²) in [6.07, 6.45) is 10.4. The van der Waals surface area contributed by atoms with Crippen molar-refractivity contribution in [3.63, 3.8) is 0 Å². The Morgan fingerprint density at radius 1 is 1.11 bits per heavy atom. The zero-order valence-corrected chi connectivity index (χ0v) is 11.7. The van der Waals surface area contributed by atoms with Gasteiger partial charge in [-0.2, -0.15) is 5.26 Å². The molecule has 1 saturated carbocycles. The average Bonchev–Trinajstić information content (AvgIpc) is 2.68. The molecule has 1 unspecified atom stereocenters. The monoisotopic (exact) mass is 263 g/mol. The maximum absolute atomic E-state index is 12.1. The van der Waals surface area contributed by atoms with E-state index in [1.807, 2.05) is 4.90 Å². The highest BCUT2D eigenvalue weighted by molar-refractivity contribution is 5.78. The number of nitrogens with one attached hydrogen (secondary N) is 1. The molecular formula is C15H25N3O. The van der Waals surface area contributed by atoms with Crippen LogP contribution in [0.15, 0.2) is 0 Å². The summed E-state index contributed by atoms with van der Waals surface area (Å²) in [7, 11) is 0. The van der Waals surface area contributed by atoms with Gasteiger partial charge in [0.25, 0.3) is 0 Å². The molecule has 1 heterocycles. The van der Waals surface area contributed by atoms with Crippen LogP contribution in [0, 0.1) is 11.3 Å². The molecule has 106 valence electrons. The van der Waals surface area contributed by atoms with Crippen LogP contribution in [0.25, 0.3) is 0 Å². The van der Waals surface area contributed by atoms with Crippen molar-refractivity contribution in [1.29, 1.82) is 5.26 Å². The van der Waals surface area contributed by atoms with Gasteiger partial charge in [-0.15, -0.1) is 0 Å². The number of hydrogen-bond acceptors (Lipinski definition) is 3. The molecule has 2 rings (SSSR count). The molecule has 1 atom stereocenters. The number of piperidine rings is 1. The van der Waals surface area contributed by atoms with Crippen molar-refractivity contribution in [2.24, 2.45) is 0 Å². The first-order chi connectivity index (χ1) is 9.29. The van der Waals surface area contributed by atoms with Gasteiger partial charge < -0.3 is 5.32 Å². The van der Waals surface area contributed by atoms with Crippen molar-refractivity contribution in [2.75, 3.05) is 13.1 Å². The van der Waals surface area contributed by atoms with E-state index in [1.165, 1.54) is 25.7 Å². The number of nitriles is 1. The Bertz CT molecular complexity index is 329. The fourth-order valence-corrected chi connectivity index (χ4v) is 3.21. The van der Waals surface area contributed by atoms with Crippen LogP contribution in [-0.4, -0.2) is 36.0 Å². The van der Waals surface area contributed by atoms with E-state index in [-0.39, 0.29) is 11.9 Å². The Morgan fingerprint density at radius 3 is 2.47 bits per heavy atom. The first-order valence-electron chi connectivity index (χ1n) is 7.72. The van der Waals surface area contributed by atoms with E-state index < -0.39 is 0 Å². The van der Waals surface area contributed by atoms with Crippen LogP contribution in [0.3, 0.4) is 0 Å². The number of amides is 1. The van der Waals surface area contributed by atoms with Crippen LogP contribution in [0.2, 0.25) is 0 Å². The Hall–Kier alpha value is -1.08. The van der Waals surface area contributed by atoms with Gasteiger partial charge in [0.2, 0.25) is 5.91 Å². The third kappa shape index (κ3) is 4.50. The molecule has 0 spiro atoms. The second kappa shape index (κ2) is 7.49. The molecule has 1 saturated heterocycles. The van der Waals surface area contributed by atoms with Crippen LogP contribution in [0.5, 0.6) is 0 Å². The number of hydrogen-bond donors (Lipinski definition) is 1. The molecule has 4 heteroatoms. The average molecular weight is 263 g/mol. The van der Waals surface area contributed by atoms with Gasteiger partial charge in [-0.25, -0.2) is 0 Å². The molecule has 19 heavy (non-hydrogen) atoms. The van der Waals surface area contributed by atoms with Crippen LogP contribution in [-0.2, 0) is 4.79 Å². The summed E-state index contributed by atoms with van der Waals surface area (Å²) in [6.45, 7) is 1.28. The van der Waals surface area contributed by atoms with Crippen LogP contribution >= 0.6 is 0 Å². The van der Waals surface area contributed by atoms with Gasteiger partial charge in [0.1, 0.15) is 0 Å². The van der Waals surface area contributed by atoms with E-state index in [2.05, 4.69) is 11.4 Å². The first kappa shape index (κ1) is 14.3. The lowest BCUT2D eigenvalue weighted by Gasteiger charge is -2.31. The standard InChI is InChI=1S/C15H25N3O/c16-11-14-9-5-6-10-18(14)12-15(19)17-13-7-3-1-2-4-8-13/h13-14H,1-10,12H2,(H,17,19). The topological polar surface area (TPSA) is 56.1 Å². The highest BCUT2D eigenvalue weighted by Crippen LogP contribution is 2.18. The van der Waals surface area contributed by atoms with Gasteiger partial charge in [0, 0.05) is 6.04 Å². The van der Waals surface area contributed by atoms with Crippen LogP contribution in [0.1, 0.15) is 57.8 Å². The molecule has 2 aliphatic rings. The van der Waals surface area contributed by atoms with Gasteiger partial charge in [-0.1, -0.05) is 25.7 Å². The van der Waals surface area contributed by atoms with Crippen molar-refractivity contribution in [3.8, 4) is 6.07 Å². The van der Waals surface area contributed by atoms with Gasteiger partial charge >= 0.3 is 0 Å². The molecule has 1 aliphatic carbocycles. The molecular weight excluding hydrogens is 238 g/mol. The number of likely N-dealkylation sites (tertiary alicyclic amines) is 1. The third-order valence-electron chi connectivity index (χ3n) is 4.33. The SMILES string of the molecule is N#CC1CCCCN1CC(=O)NC1CCCCCC1. The Kier molecular flexibility index (Phi) is 5.65. The van der Waals surface area contributed by atoms with Gasteiger partial charge in [-0.3, -0.25) is 9.69 Å². The maximum Gasteiger partial charge on any atom is 0.234 e. The zero-order chi connectivity index (χ0) is 13.5. The smallest absolute Gasteiger partial charge is 0.234 e. The van der Waals surface area contributed by atoms with Gasteiger partial charge in [0.05, 0.1) is 18.7 Å². The maximum atomic E-state index is 12.1. The molecule has 0 aromatic carbocycles. The number of carbonyl (C=O) groups is 1. The molecule has 1 aliphatic heterocycles. The summed E-state index contributed by atoms with van der Waals surface area (Å²) in [4.78, 5) is 14.1. The van der Waals surface area contributed by atoms with Crippen molar-refractivity contribution < 1.29 is 4.79 Å². The van der Waals surface area contributed by atoms with Crippen LogP contribution in [0.4, 0.5) is 0 Å². The van der Waals surface area contributed by atoms with Crippen molar-refractivity contribution in [3.05, 3.63) is 0 Å². The minimum absolute atomic E-state index is 0.0615. The predicted octanol–water partition coefficient (Wildman–Crippen LogP) is 2.20. The number of carbonyl (C=O) groups excluding carboxylic acids is 1. The van der Waals surface area contributed by atoms with E-state index in [9.17, 15) is 4.79 Å². The molecule has 0 bridgehead atoms. The Balaban J connectivity index is 1.78. The fourth-order valence-electron chi connectivity index (χ4n) is 3.21. The largest absolute Gasteiger partial charge is 0.352 e. The summed E-state index contributed by atoms with van der Waals surface area (Å²) in [5.41, 5.74) is 0. The third-order valence-corrected chi connectivity index (χ3v) is 4.33. The van der Waals surface area contributed by atoms with E-state index >= 15 is 0 Å². The number of rotatable bonds is 3. The molecule has 4 nitrogen and oxygen atoms in total. The number of nitrogens with zero attached hydrogens (tertiary/aromatic N) is 2. The van der Waals surface area contributed by atoms with Crippen molar-refractivity contribution >= 4 is 5.91 Å². The summed E-state index contributed by atoms with van der Waals surface area (Å²) in [5.74, 6) is 0.106. The van der Waals surface area contributed by atoms with E-state index in [0.29, 0.717) is 12.6 Å². The molecule has 0 aromatic rings. The molecule has 1 N–H and O–H groups in total. The lowest BCUT2D eigenvalue weighted by atomic mass is 10.0. The predicted molar refractivity (Wildman–Crippen MR) is 74.5 cm³/mol. The zero-order valence-electron chi connectivity index (χ0n) is 11.7. The Morgan fingerprint density at radius 2 is 1.79 bits per heavy atom. The van der Waals surface area contributed by atoms with E-state index in [4.69, 9.17) is 5.26 Å².